The van der Waals surface area contributed by atoms with Gasteiger partial charge in [-0.2, -0.15) is 0 Å². The summed E-state index contributed by atoms with van der Waals surface area (Å²) < 4.78 is 0. The first-order chi connectivity index (χ1) is 6.02. The number of nitrogens with two attached hydrogens (primary N) is 3. The van der Waals surface area contributed by atoms with Gasteiger partial charge in [0.05, 0.1) is 0 Å². The quantitative estimate of drug-likeness (QED) is 0.422. The van der Waals surface area contributed by atoms with Crippen molar-refractivity contribution < 1.29 is 0 Å². The van der Waals surface area contributed by atoms with E-state index < -0.39 is 0 Å². The highest BCUT2D eigenvalue weighted by Gasteiger charge is 2.29. The summed E-state index contributed by atoms with van der Waals surface area (Å²) in [5.74, 6) is 0.191. The third-order valence-corrected chi connectivity index (χ3v) is 2.88. The van der Waals surface area contributed by atoms with Crippen molar-refractivity contribution in [2.75, 3.05) is 6.54 Å². The number of rotatable bonds is 2. The molecule has 0 saturated heterocycles. The van der Waals surface area contributed by atoms with E-state index in [4.69, 9.17) is 17.2 Å². The van der Waals surface area contributed by atoms with Crippen molar-refractivity contribution in [1.82, 2.24) is 0 Å². The Kier molecular flexibility index (Phi) is 3.14. The van der Waals surface area contributed by atoms with Gasteiger partial charge < -0.3 is 17.2 Å². The van der Waals surface area contributed by atoms with Gasteiger partial charge in [-0.25, -0.2) is 0 Å². The average Bonchev–Trinajstić information content (AvgIpc) is 2.08. The molecule has 4 nitrogen and oxygen atoms in total. The summed E-state index contributed by atoms with van der Waals surface area (Å²) in [7, 11) is 0. The van der Waals surface area contributed by atoms with Gasteiger partial charge in [0, 0.05) is 12.6 Å². The molecule has 1 aliphatic rings. The van der Waals surface area contributed by atoms with Gasteiger partial charge >= 0.3 is 0 Å². The Bertz CT molecular complexity index is 188. The molecule has 1 saturated carbocycles. The molecule has 1 aliphatic carbocycles. The molecule has 76 valence electrons. The molecule has 0 aromatic heterocycles. The summed E-state index contributed by atoms with van der Waals surface area (Å²) in [6.45, 7) is 2.97. The van der Waals surface area contributed by atoms with Crippen molar-refractivity contribution in [1.29, 1.82) is 0 Å². The molecule has 0 aliphatic heterocycles. The zero-order chi connectivity index (χ0) is 9.90. The Morgan fingerprint density at radius 2 is 1.92 bits per heavy atom. The summed E-state index contributed by atoms with van der Waals surface area (Å²) in [6.07, 6.45) is 4.45. The van der Waals surface area contributed by atoms with E-state index in [0.717, 1.165) is 32.2 Å². The molecule has 0 aromatic rings. The molecule has 1 fully saturated rings. The number of hydrogen-bond acceptors (Lipinski definition) is 2. The number of nitrogens with zero attached hydrogens (tertiary/aromatic N) is 1. The predicted octanol–water partition coefficient (Wildman–Crippen LogP) is 0.167. The highest BCUT2D eigenvalue weighted by Crippen LogP contribution is 2.35. The van der Waals surface area contributed by atoms with Gasteiger partial charge in [-0.1, -0.05) is 6.92 Å². The fourth-order valence-corrected chi connectivity index (χ4v) is 1.78. The van der Waals surface area contributed by atoms with Gasteiger partial charge in [-0.3, -0.25) is 4.99 Å². The molecule has 0 radical (unpaired) electrons. The monoisotopic (exact) mass is 184 g/mol. The van der Waals surface area contributed by atoms with Crippen LogP contribution in [-0.4, -0.2) is 18.5 Å². The lowest BCUT2D eigenvalue weighted by Crippen LogP contribution is -2.35. The molecule has 1 rings (SSSR count). The zero-order valence-corrected chi connectivity index (χ0v) is 8.29. The van der Waals surface area contributed by atoms with Crippen LogP contribution >= 0.6 is 0 Å². The van der Waals surface area contributed by atoms with E-state index >= 15 is 0 Å². The minimum atomic E-state index is 0.191. The van der Waals surface area contributed by atoms with Gasteiger partial charge in [-0.05, 0) is 31.1 Å². The van der Waals surface area contributed by atoms with E-state index in [1.807, 2.05) is 0 Å². The first-order valence-electron chi connectivity index (χ1n) is 4.83. The molecular formula is C9H20N4. The van der Waals surface area contributed by atoms with Gasteiger partial charge in [0.15, 0.2) is 5.96 Å². The number of guanidine groups is 1. The van der Waals surface area contributed by atoms with Crippen molar-refractivity contribution in [3.05, 3.63) is 0 Å². The smallest absolute Gasteiger partial charge is 0.185 e. The molecule has 6 N–H and O–H groups in total. The second kappa shape index (κ2) is 3.96. The van der Waals surface area contributed by atoms with Gasteiger partial charge in [0.1, 0.15) is 0 Å². The standard InChI is InChI=1S/C9H20N4/c1-9(6-13-8(11)12)4-2-7(10)3-5-9/h7H,2-6,10H2,1H3,(H4,11,12,13). The molecule has 13 heavy (non-hydrogen) atoms. The Balaban J connectivity index is 2.43. The third-order valence-electron chi connectivity index (χ3n) is 2.88. The maximum atomic E-state index is 5.83. The van der Waals surface area contributed by atoms with Crippen LogP contribution in [0.3, 0.4) is 0 Å². The fourth-order valence-electron chi connectivity index (χ4n) is 1.78. The second-order valence-corrected chi connectivity index (χ2v) is 4.39. The molecule has 0 spiro atoms. The minimum Gasteiger partial charge on any atom is -0.370 e. The van der Waals surface area contributed by atoms with E-state index in [0.29, 0.717) is 6.04 Å². The molecule has 0 atom stereocenters. The van der Waals surface area contributed by atoms with Crippen LogP contribution in [0.15, 0.2) is 4.99 Å². The van der Waals surface area contributed by atoms with Crippen LogP contribution in [-0.2, 0) is 0 Å². The topological polar surface area (TPSA) is 90.4 Å². The van der Waals surface area contributed by atoms with Crippen LogP contribution in [0.4, 0.5) is 0 Å². The normalized spacial score (nSPS) is 34.2. The van der Waals surface area contributed by atoms with Crippen LogP contribution in [0, 0.1) is 5.41 Å². The van der Waals surface area contributed by atoms with Crippen LogP contribution in [0.5, 0.6) is 0 Å². The molecule has 0 amide bonds. The largest absolute Gasteiger partial charge is 0.370 e. The fraction of sp³-hybridized carbons (Fsp3) is 0.889. The average molecular weight is 184 g/mol. The van der Waals surface area contributed by atoms with E-state index in [9.17, 15) is 0 Å². The van der Waals surface area contributed by atoms with E-state index in [1.165, 1.54) is 0 Å². The summed E-state index contributed by atoms with van der Waals surface area (Å²) in [4.78, 5) is 4.08. The Morgan fingerprint density at radius 1 is 1.38 bits per heavy atom. The van der Waals surface area contributed by atoms with Crippen molar-refractivity contribution in [3.63, 3.8) is 0 Å². The minimum absolute atomic E-state index is 0.191. The maximum Gasteiger partial charge on any atom is 0.185 e. The van der Waals surface area contributed by atoms with Crippen molar-refractivity contribution in [3.8, 4) is 0 Å². The summed E-state index contributed by atoms with van der Waals surface area (Å²) in [5, 5.41) is 0. The third kappa shape index (κ3) is 3.22. The van der Waals surface area contributed by atoms with Gasteiger partial charge in [0.2, 0.25) is 0 Å². The van der Waals surface area contributed by atoms with Crippen molar-refractivity contribution in [2.45, 2.75) is 38.6 Å². The lowest BCUT2D eigenvalue weighted by atomic mass is 9.74. The number of hydrogen-bond donors (Lipinski definition) is 3. The highest BCUT2D eigenvalue weighted by molar-refractivity contribution is 5.75. The Labute approximate surface area is 79.6 Å². The molecule has 0 heterocycles. The number of aliphatic imine (C=N–C) groups is 1. The molecular weight excluding hydrogens is 164 g/mol. The molecule has 4 heteroatoms. The molecule has 0 unspecified atom stereocenters. The van der Waals surface area contributed by atoms with Crippen LogP contribution in [0.2, 0.25) is 0 Å². The first kappa shape index (κ1) is 10.3. The van der Waals surface area contributed by atoms with E-state index in [1.54, 1.807) is 0 Å². The summed E-state index contributed by atoms with van der Waals surface area (Å²) in [5.41, 5.74) is 16.7. The summed E-state index contributed by atoms with van der Waals surface area (Å²) in [6, 6.07) is 0.382. The lowest BCUT2D eigenvalue weighted by molar-refractivity contribution is 0.210. The van der Waals surface area contributed by atoms with Crippen LogP contribution in [0.1, 0.15) is 32.6 Å². The van der Waals surface area contributed by atoms with Crippen molar-refractivity contribution >= 4 is 5.96 Å². The summed E-state index contributed by atoms with van der Waals surface area (Å²) >= 11 is 0. The Hall–Kier alpha value is -0.770. The van der Waals surface area contributed by atoms with Crippen LogP contribution in [0.25, 0.3) is 0 Å². The SMILES string of the molecule is CC1(CN=C(N)N)CCC(N)CC1. The van der Waals surface area contributed by atoms with Crippen molar-refractivity contribution in [2.24, 2.45) is 27.6 Å². The zero-order valence-electron chi connectivity index (χ0n) is 8.29. The van der Waals surface area contributed by atoms with Crippen LogP contribution < -0.4 is 17.2 Å². The van der Waals surface area contributed by atoms with E-state index in [-0.39, 0.29) is 11.4 Å². The van der Waals surface area contributed by atoms with Gasteiger partial charge in [0.25, 0.3) is 0 Å². The Morgan fingerprint density at radius 3 is 2.38 bits per heavy atom. The molecule has 0 aromatic carbocycles. The predicted molar refractivity (Wildman–Crippen MR) is 55.2 cm³/mol. The van der Waals surface area contributed by atoms with Gasteiger partial charge in [-0.15, -0.1) is 0 Å². The van der Waals surface area contributed by atoms with E-state index in [2.05, 4.69) is 11.9 Å². The highest BCUT2D eigenvalue weighted by atomic mass is 15.0. The molecule has 0 bridgehead atoms. The maximum absolute atomic E-state index is 5.83. The lowest BCUT2D eigenvalue weighted by Gasteiger charge is -2.34. The second-order valence-electron chi connectivity index (χ2n) is 4.39. The first-order valence-corrected chi connectivity index (χ1v) is 4.83.